The van der Waals surface area contributed by atoms with Gasteiger partial charge in [0.2, 0.25) is 0 Å². The quantitative estimate of drug-likeness (QED) is 0.834. The van der Waals surface area contributed by atoms with Crippen LogP contribution in [0.25, 0.3) is 0 Å². The maximum atomic E-state index is 11.4. The number of hydrogen-bond donors (Lipinski definition) is 0. The number of carbonyl (C=O) groups excluding carboxylic acids is 1. The van der Waals surface area contributed by atoms with Crippen molar-refractivity contribution < 1.29 is 14.3 Å². The van der Waals surface area contributed by atoms with E-state index < -0.39 is 6.10 Å². The number of ether oxygens (including phenoxy) is 2. The predicted molar refractivity (Wildman–Crippen MR) is 66.1 cm³/mol. The zero-order valence-corrected chi connectivity index (χ0v) is 11.2. The second-order valence-electron chi connectivity index (χ2n) is 3.35. The highest BCUT2D eigenvalue weighted by Gasteiger charge is 2.16. The zero-order valence-electron chi connectivity index (χ0n) is 9.62. The normalized spacial score (nSPS) is 12.0. The van der Waals surface area contributed by atoms with Crippen LogP contribution in [0, 0.1) is 0 Å². The third-order valence-electron chi connectivity index (χ3n) is 2.25. The topological polar surface area (TPSA) is 35.5 Å². The minimum Gasteiger partial charge on any atom is -0.493 e. The van der Waals surface area contributed by atoms with Crippen LogP contribution in [0.4, 0.5) is 0 Å². The van der Waals surface area contributed by atoms with Crippen LogP contribution in [0.15, 0.2) is 22.7 Å². The molecule has 0 radical (unpaired) electrons. The SMILES string of the molecule is CCC(=O)C(C)Oc1c(Br)cccc1OC. The molecule has 0 aromatic heterocycles. The average Bonchev–Trinajstić information content (AvgIpc) is 2.30. The first-order valence-corrected chi connectivity index (χ1v) is 5.91. The first kappa shape index (κ1) is 13.0. The number of rotatable bonds is 5. The van der Waals surface area contributed by atoms with Crippen LogP contribution < -0.4 is 9.47 Å². The summed E-state index contributed by atoms with van der Waals surface area (Å²) in [5.74, 6) is 1.25. The van der Waals surface area contributed by atoms with Gasteiger partial charge in [-0.25, -0.2) is 0 Å². The smallest absolute Gasteiger partial charge is 0.176 e. The van der Waals surface area contributed by atoms with Crippen molar-refractivity contribution in [3.63, 3.8) is 0 Å². The number of ketones is 1. The van der Waals surface area contributed by atoms with Crippen LogP contribution in [0.5, 0.6) is 11.5 Å². The summed E-state index contributed by atoms with van der Waals surface area (Å²) in [7, 11) is 1.57. The fourth-order valence-corrected chi connectivity index (χ4v) is 1.74. The Morgan fingerprint density at radius 1 is 1.50 bits per heavy atom. The summed E-state index contributed by atoms with van der Waals surface area (Å²) in [5, 5.41) is 0. The van der Waals surface area contributed by atoms with Crippen molar-refractivity contribution in [2.24, 2.45) is 0 Å². The number of methoxy groups -OCH3 is 1. The summed E-state index contributed by atoms with van der Waals surface area (Å²) >= 11 is 3.37. The molecule has 88 valence electrons. The molecule has 3 nitrogen and oxygen atoms in total. The molecule has 1 atom stereocenters. The van der Waals surface area contributed by atoms with Crippen LogP contribution in [0.3, 0.4) is 0 Å². The van der Waals surface area contributed by atoms with Gasteiger partial charge in [0, 0.05) is 6.42 Å². The first-order chi connectivity index (χ1) is 7.60. The lowest BCUT2D eigenvalue weighted by atomic mass is 10.2. The van der Waals surface area contributed by atoms with Gasteiger partial charge in [-0.1, -0.05) is 13.0 Å². The highest BCUT2D eigenvalue weighted by Crippen LogP contribution is 2.35. The van der Waals surface area contributed by atoms with Gasteiger partial charge in [0.1, 0.15) is 0 Å². The Bertz CT molecular complexity index is 377. The molecule has 0 heterocycles. The van der Waals surface area contributed by atoms with Crippen molar-refractivity contribution in [3.8, 4) is 11.5 Å². The fourth-order valence-electron chi connectivity index (χ4n) is 1.29. The fraction of sp³-hybridized carbons (Fsp3) is 0.417. The van der Waals surface area contributed by atoms with Crippen LogP contribution in [0.1, 0.15) is 20.3 Å². The zero-order chi connectivity index (χ0) is 12.1. The molecule has 1 rings (SSSR count). The Balaban J connectivity index is 2.91. The molecule has 4 heteroatoms. The number of halogens is 1. The Morgan fingerprint density at radius 2 is 2.19 bits per heavy atom. The molecule has 0 N–H and O–H groups in total. The lowest BCUT2D eigenvalue weighted by molar-refractivity contribution is -0.124. The van der Waals surface area contributed by atoms with E-state index in [4.69, 9.17) is 9.47 Å². The van der Waals surface area contributed by atoms with Crippen molar-refractivity contribution in [1.29, 1.82) is 0 Å². The number of hydrogen-bond acceptors (Lipinski definition) is 3. The lowest BCUT2D eigenvalue weighted by Crippen LogP contribution is -2.23. The number of benzene rings is 1. The van der Waals surface area contributed by atoms with E-state index in [-0.39, 0.29) is 5.78 Å². The van der Waals surface area contributed by atoms with Gasteiger partial charge in [0.15, 0.2) is 23.4 Å². The molecular weight excluding hydrogens is 272 g/mol. The van der Waals surface area contributed by atoms with Crippen LogP contribution >= 0.6 is 15.9 Å². The maximum Gasteiger partial charge on any atom is 0.176 e. The molecule has 0 bridgehead atoms. The summed E-state index contributed by atoms with van der Waals surface area (Å²) in [6, 6.07) is 5.49. The van der Waals surface area contributed by atoms with Crippen molar-refractivity contribution in [1.82, 2.24) is 0 Å². The predicted octanol–water partition coefficient (Wildman–Crippen LogP) is 3.20. The second kappa shape index (κ2) is 5.89. The summed E-state index contributed by atoms with van der Waals surface area (Å²) in [5.41, 5.74) is 0. The van der Waals surface area contributed by atoms with E-state index >= 15 is 0 Å². The molecular formula is C12H15BrO3. The molecule has 1 aromatic rings. The summed E-state index contributed by atoms with van der Waals surface area (Å²) in [6.07, 6.45) is 0.00565. The third-order valence-corrected chi connectivity index (χ3v) is 2.87. The molecule has 1 unspecified atom stereocenters. The number of Topliss-reactive ketones (excluding diaryl/α,β-unsaturated/α-hetero) is 1. The standard InChI is InChI=1S/C12H15BrO3/c1-4-10(14)8(2)16-12-9(13)6-5-7-11(12)15-3/h5-8H,4H2,1-3H3. The first-order valence-electron chi connectivity index (χ1n) is 5.12. The van der Waals surface area contributed by atoms with Gasteiger partial charge in [-0.15, -0.1) is 0 Å². The minimum atomic E-state index is -0.461. The van der Waals surface area contributed by atoms with E-state index in [1.807, 2.05) is 19.1 Å². The molecule has 0 aliphatic carbocycles. The van der Waals surface area contributed by atoms with E-state index in [9.17, 15) is 4.79 Å². The number of para-hydroxylation sites is 1. The van der Waals surface area contributed by atoms with Gasteiger partial charge in [0.25, 0.3) is 0 Å². The second-order valence-corrected chi connectivity index (χ2v) is 4.21. The average molecular weight is 287 g/mol. The van der Waals surface area contributed by atoms with Crippen LogP contribution in [0.2, 0.25) is 0 Å². The minimum absolute atomic E-state index is 0.0674. The Labute approximate surface area is 104 Å². The maximum absolute atomic E-state index is 11.4. The summed E-state index contributed by atoms with van der Waals surface area (Å²) in [4.78, 5) is 11.4. The molecule has 16 heavy (non-hydrogen) atoms. The van der Waals surface area contributed by atoms with E-state index in [2.05, 4.69) is 15.9 Å². The van der Waals surface area contributed by atoms with Crippen molar-refractivity contribution in [2.75, 3.05) is 7.11 Å². The third kappa shape index (κ3) is 2.98. The number of carbonyl (C=O) groups is 1. The van der Waals surface area contributed by atoms with Crippen molar-refractivity contribution in [3.05, 3.63) is 22.7 Å². The van der Waals surface area contributed by atoms with E-state index in [0.717, 1.165) is 4.47 Å². The molecule has 1 aromatic carbocycles. The molecule has 0 aliphatic rings. The monoisotopic (exact) mass is 286 g/mol. The molecule has 0 saturated heterocycles. The van der Waals surface area contributed by atoms with Crippen LogP contribution in [-0.4, -0.2) is 19.0 Å². The van der Waals surface area contributed by atoms with E-state index in [1.165, 1.54) is 0 Å². The van der Waals surface area contributed by atoms with Gasteiger partial charge in [-0.2, -0.15) is 0 Å². The van der Waals surface area contributed by atoms with Gasteiger partial charge >= 0.3 is 0 Å². The van der Waals surface area contributed by atoms with Gasteiger partial charge < -0.3 is 9.47 Å². The van der Waals surface area contributed by atoms with Crippen LogP contribution in [-0.2, 0) is 4.79 Å². The largest absolute Gasteiger partial charge is 0.493 e. The van der Waals surface area contributed by atoms with E-state index in [1.54, 1.807) is 20.1 Å². The Hall–Kier alpha value is -1.03. The molecule has 0 fully saturated rings. The summed E-state index contributed by atoms with van der Waals surface area (Å²) in [6.45, 7) is 3.56. The van der Waals surface area contributed by atoms with Crippen molar-refractivity contribution in [2.45, 2.75) is 26.4 Å². The molecule has 0 aliphatic heterocycles. The highest BCUT2D eigenvalue weighted by atomic mass is 79.9. The molecule has 0 spiro atoms. The van der Waals surface area contributed by atoms with Gasteiger partial charge in [-0.3, -0.25) is 4.79 Å². The Morgan fingerprint density at radius 3 is 2.75 bits per heavy atom. The molecule has 0 saturated carbocycles. The van der Waals surface area contributed by atoms with Crippen molar-refractivity contribution >= 4 is 21.7 Å². The molecule has 0 amide bonds. The highest BCUT2D eigenvalue weighted by molar-refractivity contribution is 9.10. The Kier molecular flexibility index (Phi) is 4.80. The lowest BCUT2D eigenvalue weighted by Gasteiger charge is -2.16. The van der Waals surface area contributed by atoms with Gasteiger partial charge in [-0.05, 0) is 35.0 Å². The van der Waals surface area contributed by atoms with E-state index in [0.29, 0.717) is 17.9 Å². The van der Waals surface area contributed by atoms with Gasteiger partial charge in [0.05, 0.1) is 11.6 Å². The summed E-state index contributed by atoms with van der Waals surface area (Å²) < 4.78 is 11.6.